The molecule has 0 saturated carbocycles. The van der Waals surface area contributed by atoms with Gasteiger partial charge in [-0.3, -0.25) is 19.2 Å². The minimum atomic E-state index is -1.35. The lowest BCUT2D eigenvalue weighted by Gasteiger charge is -2.16. The summed E-state index contributed by atoms with van der Waals surface area (Å²) in [5, 5.41) is 3.65. The van der Waals surface area contributed by atoms with Gasteiger partial charge in [-0.05, 0) is 30.5 Å². The van der Waals surface area contributed by atoms with E-state index in [1.54, 1.807) is 25.1 Å². The molecule has 1 atom stereocenters. The van der Waals surface area contributed by atoms with E-state index < -0.39 is 48.9 Å². The number of fused-ring (bicyclic) bond motifs is 1. The van der Waals surface area contributed by atoms with Crippen molar-refractivity contribution < 1.29 is 23.5 Å². The molecule has 1 unspecified atom stereocenters. The predicted molar refractivity (Wildman–Crippen MR) is 97.4 cm³/mol. The highest BCUT2D eigenvalue weighted by atomic mass is 35.5. The van der Waals surface area contributed by atoms with Gasteiger partial charge in [0, 0.05) is 16.6 Å². The number of hydrogen-bond donors (Lipinski definition) is 1. The average molecular weight is 397 g/mol. The van der Waals surface area contributed by atoms with Crippen LogP contribution in [0.4, 0.5) is 4.39 Å². The van der Waals surface area contributed by atoms with Crippen LogP contribution in [0, 0.1) is 0 Å². The SMILES string of the molecule is CCOC(=O)CC(NC(=O)Cn1ccc2ccc(Cl)cc2c1=O)C(=O)CF. The first-order valence-electron chi connectivity index (χ1n) is 8.18. The molecule has 1 heterocycles. The maximum absolute atomic E-state index is 12.7. The number of rotatable bonds is 8. The second kappa shape index (κ2) is 9.27. The third-order valence-electron chi connectivity index (χ3n) is 3.79. The lowest BCUT2D eigenvalue weighted by molar-refractivity contribution is -0.145. The number of nitrogens with zero attached hydrogens (tertiary/aromatic N) is 1. The number of carbonyl (C=O) groups excluding carboxylic acids is 3. The van der Waals surface area contributed by atoms with Crippen molar-refractivity contribution in [1.29, 1.82) is 0 Å². The molecule has 2 aromatic rings. The highest BCUT2D eigenvalue weighted by molar-refractivity contribution is 6.31. The summed E-state index contributed by atoms with van der Waals surface area (Å²) in [4.78, 5) is 47.9. The van der Waals surface area contributed by atoms with Crippen molar-refractivity contribution in [2.45, 2.75) is 25.9 Å². The van der Waals surface area contributed by atoms with E-state index >= 15 is 0 Å². The van der Waals surface area contributed by atoms with Crippen LogP contribution in [0.25, 0.3) is 10.8 Å². The Labute approximate surface area is 159 Å². The summed E-state index contributed by atoms with van der Waals surface area (Å²) in [6.07, 6.45) is 0.944. The Balaban J connectivity index is 2.16. The lowest BCUT2D eigenvalue weighted by Crippen LogP contribution is -2.45. The molecule has 0 aliphatic rings. The number of halogens is 2. The molecule has 0 saturated heterocycles. The smallest absolute Gasteiger partial charge is 0.308 e. The summed E-state index contributed by atoms with van der Waals surface area (Å²) in [5.74, 6) is -2.40. The number of hydrogen-bond acceptors (Lipinski definition) is 5. The van der Waals surface area contributed by atoms with Crippen LogP contribution in [0.1, 0.15) is 13.3 Å². The number of esters is 1. The number of Topliss-reactive ketones (excluding diaryl/α,β-unsaturated/α-hetero) is 1. The molecule has 1 aromatic heterocycles. The van der Waals surface area contributed by atoms with Gasteiger partial charge in [0.1, 0.15) is 19.3 Å². The van der Waals surface area contributed by atoms with E-state index in [0.29, 0.717) is 15.8 Å². The van der Waals surface area contributed by atoms with Gasteiger partial charge in [-0.1, -0.05) is 17.7 Å². The first-order chi connectivity index (χ1) is 12.8. The largest absolute Gasteiger partial charge is 0.466 e. The fourth-order valence-electron chi connectivity index (χ4n) is 2.50. The molecule has 1 N–H and O–H groups in total. The van der Waals surface area contributed by atoms with Crippen molar-refractivity contribution in [2.75, 3.05) is 13.3 Å². The molecule has 0 fully saturated rings. The standard InChI is InChI=1S/C18H18ClFN2O5/c1-2-27-17(25)8-14(15(23)9-20)21-16(24)10-22-6-5-11-3-4-12(19)7-13(11)18(22)26/h3-7,14H,2,8-10H2,1H3,(H,21,24). The van der Waals surface area contributed by atoms with Crippen LogP contribution in [-0.4, -0.2) is 41.6 Å². The number of aromatic nitrogens is 1. The molecular weight excluding hydrogens is 379 g/mol. The van der Waals surface area contributed by atoms with Gasteiger partial charge in [0.15, 0.2) is 5.78 Å². The molecule has 0 aliphatic carbocycles. The van der Waals surface area contributed by atoms with Crippen molar-refractivity contribution in [3.63, 3.8) is 0 Å². The Bertz CT molecular complexity index is 928. The van der Waals surface area contributed by atoms with E-state index in [1.807, 2.05) is 0 Å². The van der Waals surface area contributed by atoms with Crippen molar-refractivity contribution in [3.8, 4) is 0 Å². The monoisotopic (exact) mass is 396 g/mol. The van der Waals surface area contributed by atoms with Gasteiger partial charge in [-0.25, -0.2) is 4.39 Å². The average Bonchev–Trinajstić information content (AvgIpc) is 2.63. The molecule has 0 spiro atoms. The Morgan fingerprint density at radius 2 is 2.04 bits per heavy atom. The normalized spacial score (nSPS) is 11.8. The number of alkyl halides is 1. The number of pyridine rings is 1. The van der Waals surface area contributed by atoms with Crippen LogP contribution in [0.5, 0.6) is 0 Å². The van der Waals surface area contributed by atoms with Gasteiger partial charge in [0.05, 0.1) is 13.0 Å². The number of benzene rings is 1. The number of nitrogens with one attached hydrogen (secondary N) is 1. The van der Waals surface area contributed by atoms with Crippen LogP contribution in [-0.2, 0) is 25.7 Å². The summed E-state index contributed by atoms with van der Waals surface area (Å²) in [6.45, 7) is -0.0574. The van der Waals surface area contributed by atoms with Crippen molar-refractivity contribution >= 4 is 40.0 Å². The van der Waals surface area contributed by atoms with Crippen LogP contribution in [0.2, 0.25) is 5.02 Å². The topological polar surface area (TPSA) is 94.5 Å². The quantitative estimate of drug-likeness (QED) is 0.684. The molecule has 0 radical (unpaired) electrons. The maximum Gasteiger partial charge on any atom is 0.308 e. The first-order valence-corrected chi connectivity index (χ1v) is 8.55. The molecule has 27 heavy (non-hydrogen) atoms. The summed E-state index contributed by atoms with van der Waals surface area (Å²) in [6, 6.07) is 5.10. The fourth-order valence-corrected chi connectivity index (χ4v) is 2.67. The minimum Gasteiger partial charge on any atom is -0.466 e. The Morgan fingerprint density at radius 3 is 2.70 bits per heavy atom. The van der Waals surface area contributed by atoms with E-state index in [2.05, 4.69) is 5.32 Å². The maximum atomic E-state index is 12.7. The second-order valence-electron chi connectivity index (χ2n) is 5.71. The summed E-state index contributed by atoms with van der Waals surface area (Å²) < 4.78 is 18.6. The number of carbonyl (C=O) groups is 3. The summed E-state index contributed by atoms with van der Waals surface area (Å²) in [5.41, 5.74) is -0.441. The fraction of sp³-hybridized carbons (Fsp3) is 0.333. The molecule has 2 rings (SSSR count). The number of ketones is 1. The van der Waals surface area contributed by atoms with Crippen LogP contribution >= 0.6 is 11.6 Å². The van der Waals surface area contributed by atoms with Gasteiger partial charge in [0.25, 0.3) is 5.56 Å². The van der Waals surface area contributed by atoms with Crippen molar-refractivity contribution in [3.05, 3.63) is 45.8 Å². The zero-order valence-corrected chi connectivity index (χ0v) is 15.3. The molecule has 0 aliphatic heterocycles. The third kappa shape index (κ3) is 5.37. The number of amides is 1. The summed E-state index contributed by atoms with van der Waals surface area (Å²) >= 11 is 5.90. The Morgan fingerprint density at radius 1 is 1.30 bits per heavy atom. The minimum absolute atomic E-state index is 0.0956. The van der Waals surface area contributed by atoms with Gasteiger partial charge < -0.3 is 14.6 Å². The van der Waals surface area contributed by atoms with Crippen molar-refractivity contribution in [2.24, 2.45) is 0 Å². The van der Waals surface area contributed by atoms with E-state index in [4.69, 9.17) is 16.3 Å². The zero-order valence-electron chi connectivity index (χ0n) is 14.5. The molecule has 1 amide bonds. The van der Waals surface area contributed by atoms with E-state index in [-0.39, 0.29) is 6.61 Å². The Kier molecular flexibility index (Phi) is 7.06. The van der Waals surface area contributed by atoms with Gasteiger partial charge in [0.2, 0.25) is 5.91 Å². The lowest BCUT2D eigenvalue weighted by atomic mass is 10.1. The highest BCUT2D eigenvalue weighted by Crippen LogP contribution is 2.15. The number of ether oxygens (including phenoxy) is 1. The zero-order chi connectivity index (χ0) is 20.0. The van der Waals surface area contributed by atoms with E-state index in [1.165, 1.54) is 12.3 Å². The molecular formula is C18H18ClFN2O5. The van der Waals surface area contributed by atoms with E-state index in [0.717, 1.165) is 4.57 Å². The van der Waals surface area contributed by atoms with Gasteiger partial charge in [-0.2, -0.15) is 0 Å². The molecule has 9 heteroatoms. The molecule has 144 valence electrons. The molecule has 0 bridgehead atoms. The van der Waals surface area contributed by atoms with Gasteiger partial charge in [-0.15, -0.1) is 0 Å². The van der Waals surface area contributed by atoms with Crippen molar-refractivity contribution in [1.82, 2.24) is 9.88 Å². The second-order valence-corrected chi connectivity index (χ2v) is 6.15. The summed E-state index contributed by atoms with van der Waals surface area (Å²) in [7, 11) is 0. The van der Waals surface area contributed by atoms with Crippen LogP contribution < -0.4 is 10.9 Å². The van der Waals surface area contributed by atoms with E-state index in [9.17, 15) is 23.6 Å². The van der Waals surface area contributed by atoms with Crippen LogP contribution in [0.3, 0.4) is 0 Å². The molecule has 7 nitrogen and oxygen atoms in total. The first kappa shape index (κ1) is 20.6. The van der Waals surface area contributed by atoms with Crippen LogP contribution in [0.15, 0.2) is 35.3 Å². The third-order valence-corrected chi connectivity index (χ3v) is 4.02. The predicted octanol–water partition coefficient (Wildman–Crippen LogP) is 1.63. The van der Waals surface area contributed by atoms with Gasteiger partial charge >= 0.3 is 5.97 Å². The Hall–Kier alpha value is -2.74. The molecule has 1 aromatic carbocycles. The highest BCUT2D eigenvalue weighted by Gasteiger charge is 2.24.